The van der Waals surface area contributed by atoms with Crippen LogP contribution >= 0.6 is 0 Å². The number of carbonyl (C=O) groups is 1. The zero-order valence-electron chi connectivity index (χ0n) is 15.8. The summed E-state index contributed by atoms with van der Waals surface area (Å²) in [5.74, 6) is -0.411. The monoisotopic (exact) mass is 374 g/mol. The van der Waals surface area contributed by atoms with Crippen molar-refractivity contribution < 1.29 is 9.53 Å². The van der Waals surface area contributed by atoms with Crippen molar-refractivity contribution in [3.8, 4) is 5.69 Å². The predicted octanol–water partition coefficient (Wildman–Crippen LogP) is 4.45. The Morgan fingerprint density at radius 2 is 1.96 bits per heavy atom. The molecule has 2 heterocycles. The number of aromatic nitrogens is 4. The predicted molar refractivity (Wildman–Crippen MR) is 107 cm³/mol. The summed E-state index contributed by atoms with van der Waals surface area (Å²) < 4.78 is 7.06. The Morgan fingerprint density at radius 1 is 1.14 bits per heavy atom. The topological polar surface area (TPSA) is 72.8 Å². The van der Waals surface area contributed by atoms with E-state index in [4.69, 9.17) is 4.74 Å². The molecule has 4 rings (SSSR count). The molecule has 0 radical (unpaired) electrons. The first-order chi connectivity index (χ1) is 13.7. The molecule has 0 saturated carbocycles. The molecule has 0 bridgehead atoms. The molecule has 0 aliphatic rings. The number of esters is 1. The Balaban J connectivity index is 1.38. The molecule has 0 saturated heterocycles. The fraction of sp³-hybridized carbons (Fsp3) is 0.227. The van der Waals surface area contributed by atoms with Crippen molar-refractivity contribution in [3.63, 3.8) is 0 Å². The van der Waals surface area contributed by atoms with Gasteiger partial charge in [-0.3, -0.25) is 0 Å². The molecule has 0 aliphatic heterocycles. The van der Waals surface area contributed by atoms with Crippen molar-refractivity contribution in [3.05, 3.63) is 77.7 Å². The van der Waals surface area contributed by atoms with Crippen LogP contribution in [-0.4, -0.2) is 25.9 Å². The van der Waals surface area contributed by atoms with Gasteiger partial charge in [-0.25, -0.2) is 9.48 Å². The normalized spacial score (nSPS) is 11.0. The minimum atomic E-state index is -0.411. The second-order valence-electron chi connectivity index (χ2n) is 6.77. The van der Waals surface area contributed by atoms with E-state index in [1.54, 1.807) is 16.9 Å². The Morgan fingerprint density at radius 3 is 2.75 bits per heavy atom. The minimum Gasteiger partial charge on any atom is -0.454 e. The Kier molecular flexibility index (Phi) is 5.19. The maximum atomic E-state index is 12.3. The number of unbranched alkanes of at least 4 members (excludes halogenated alkanes) is 1. The van der Waals surface area contributed by atoms with E-state index in [1.807, 2.05) is 36.4 Å². The van der Waals surface area contributed by atoms with E-state index in [9.17, 15) is 4.79 Å². The first kappa shape index (κ1) is 18.0. The Bertz CT molecular complexity index is 1050. The van der Waals surface area contributed by atoms with Gasteiger partial charge >= 0.3 is 5.97 Å². The third kappa shape index (κ3) is 3.96. The van der Waals surface area contributed by atoms with Gasteiger partial charge in [0.15, 0.2) is 0 Å². The summed E-state index contributed by atoms with van der Waals surface area (Å²) in [6, 6.07) is 17.8. The Hall–Kier alpha value is -3.41. The number of ether oxygens (including phenoxy) is 1. The van der Waals surface area contributed by atoms with Crippen molar-refractivity contribution in [2.24, 2.45) is 0 Å². The van der Waals surface area contributed by atoms with Crippen LogP contribution in [0.4, 0.5) is 0 Å². The van der Waals surface area contributed by atoms with Crippen LogP contribution in [0.25, 0.3) is 16.6 Å². The second kappa shape index (κ2) is 8.08. The molecule has 0 spiro atoms. The fourth-order valence-electron chi connectivity index (χ4n) is 3.09. The molecule has 6 nitrogen and oxygen atoms in total. The van der Waals surface area contributed by atoms with Gasteiger partial charge < -0.3 is 9.72 Å². The number of rotatable bonds is 7. The van der Waals surface area contributed by atoms with Gasteiger partial charge in [0.1, 0.15) is 18.0 Å². The number of fused-ring (bicyclic) bond motifs is 1. The molecule has 0 amide bonds. The molecule has 142 valence electrons. The highest BCUT2D eigenvalue weighted by Gasteiger charge is 2.12. The van der Waals surface area contributed by atoms with Crippen LogP contribution in [0.1, 0.15) is 41.5 Å². The molecule has 0 atom stereocenters. The fourth-order valence-corrected chi connectivity index (χ4v) is 3.09. The summed E-state index contributed by atoms with van der Waals surface area (Å²) in [4.78, 5) is 15.3. The highest BCUT2D eigenvalue weighted by molar-refractivity contribution is 5.94. The number of hydrogen-bond acceptors (Lipinski definition) is 4. The summed E-state index contributed by atoms with van der Waals surface area (Å²) in [6.45, 7) is 2.26. The van der Waals surface area contributed by atoms with E-state index in [0.29, 0.717) is 11.4 Å². The minimum absolute atomic E-state index is 0.0722. The largest absolute Gasteiger partial charge is 0.454 e. The maximum absolute atomic E-state index is 12.3. The summed E-state index contributed by atoms with van der Waals surface area (Å²) in [6.07, 6.45) is 5.24. The maximum Gasteiger partial charge on any atom is 0.355 e. The van der Waals surface area contributed by atoms with Gasteiger partial charge in [0, 0.05) is 10.9 Å². The lowest BCUT2D eigenvalue weighted by molar-refractivity contribution is 0.0462. The van der Waals surface area contributed by atoms with Crippen molar-refractivity contribution in [2.45, 2.75) is 32.8 Å². The van der Waals surface area contributed by atoms with Crippen LogP contribution in [-0.2, 0) is 17.8 Å². The summed E-state index contributed by atoms with van der Waals surface area (Å²) in [5.41, 5.74) is 4.18. The number of aryl methyl sites for hydroxylation is 1. The lowest BCUT2D eigenvalue weighted by Gasteiger charge is -2.03. The number of nitrogens with zero attached hydrogens (tertiary/aromatic N) is 3. The lowest BCUT2D eigenvalue weighted by Crippen LogP contribution is -2.05. The van der Waals surface area contributed by atoms with Crippen LogP contribution in [0.15, 0.2) is 60.8 Å². The van der Waals surface area contributed by atoms with Crippen LogP contribution < -0.4 is 0 Å². The first-order valence-electron chi connectivity index (χ1n) is 9.48. The smallest absolute Gasteiger partial charge is 0.355 e. The average Bonchev–Trinajstić information content (AvgIpc) is 3.38. The van der Waals surface area contributed by atoms with Gasteiger partial charge in [0.25, 0.3) is 0 Å². The number of para-hydroxylation sites is 1. The number of carbonyl (C=O) groups excluding carboxylic acids is 1. The van der Waals surface area contributed by atoms with Crippen molar-refractivity contribution in [2.75, 3.05) is 0 Å². The van der Waals surface area contributed by atoms with Crippen LogP contribution in [0.5, 0.6) is 0 Å². The number of nitrogens with one attached hydrogen (secondary N) is 1. The van der Waals surface area contributed by atoms with E-state index < -0.39 is 5.97 Å². The van der Waals surface area contributed by atoms with Gasteiger partial charge in [-0.05, 0) is 42.7 Å². The van der Waals surface area contributed by atoms with Crippen molar-refractivity contribution >= 4 is 16.9 Å². The zero-order chi connectivity index (χ0) is 19.3. The highest BCUT2D eigenvalue weighted by atomic mass is 16.5. The van der Waals surface area contributed by atoms with Crippen LogP contribution in [0, 0.1) is 0 Å². The van der Waals surface area contributed by atoms with Crippen LogP contribution in [0.2, 0.25) is 0 Å². The molecule has 0 fully saturated rings. The standard InChI is InChI=1S/C22H22N4O2/c1-2-3-6-16-9-11-19(12-10-16)26-14-18(24-25-26)15-28-22(27)21-13-17-7-4-5-8-20(17)23-21/h4-5,7-14,23H,2-3,6,15H2,1H3. The molecular weight excluding hydrogens is 352 g/mol. The Labute approximate surface area is 163 Å². The lowest BCUT2D eigenvalue weighted by atomic mass is 10.1. The number of H-pyrrole nitrogens is 1. The molecule has 0 unspecified atom stereocenters. The van der Waals surface area contributed by atoms with Gasteiger partial charge in [0.2, 0.25) is 0 Å². The van der Waals surface area contributed by atoms with E-state index in [1.165, 1.54) is 18.4 Å². The number of benzene rings is 2. The van der Waals surface area contributed by atoms with Gasteiger partial charge in [-0.15, -0.1) is 5.10 Å². The average molecular weight is 374 g/mol. The van der Waals surface area contributed by atoms with Gasteiger partial charge in [-0.1, -0.05) is 48.9 Å². The van der Waals surface area contributed by atoms with E-state index in [2.05, 4.69) is 34.4 Å². The molecular formula is C22H22N4O2. The zero-order valence-corrected chi connectivity index (χ0v) is 15.8. The first-order valence-corrected chi connectivity index (χ1v) is 9.48. The number of aromatic amines is 1. The molecule has 1 N–H and O–H groups in total. The van der Waals surface area contributed by atoms with Crippen molar-refractivity contribution in [1.29, 1.82) is 0 Å². The molecule has 28 heavy (non-hydrogen) atoms. The van der Waals surface area contributed by atoms with E-state index in [-0.39, 0.29) is 6.61 Å². The highest BCUT2D eigenvalue weighted by Crippen LogP contribution is 2.16. The second-order valence-corrected chi connectivity index (χ2v) is 6.77. The van der Waals surface area contributed by atoms with Gasteiger partial charge in [-0.2, -0.15) is 0 Å². The third-order valence-corrected chi connectivity index (χ3v) is 4.66. The summed E-state index contributed by atoms with van der Waals surface area (Å²) in [7, 11) is 0. The molecule has 0 aliphatic carbocycles. The SMILES string of the molecule is CCCCc1ccc(-n2cc(COC(=O)c3cc4ccccc4[nH]3)nn2)cc1. The van der Waals surface area contributed by atoms with Crippen LogP contribution in [0.3, 0.4) is 0 Å². The third-order valence-electron chi connectivity index (χ3n) is 4.66. The number of hydrogen-bond donors (Lipinski definition) is 1. The summed E-state index contributed by atoms with van der Waals surface area (Å²) >= 11 is 0. The molecule has 6 heteroatoms. The van der Waals surface area contributed by atoms with E-state index >= 15 is 0 Å². The molecule has 4 aromatic rings. The van der Waals surface area contributed by atoms with Gasteiger partial charge in [0.05, 0.1) is 11.9 Å². The van der Waals surface area contributed by atoms with E-state index in [0.717, 1.165) is 23.0 Å². The summed E-state index contributed by atoms with van der Waals surface area (Å²) in [5, 5.41) is 9.20. The quantitative estimate of drug-likeness (QED) is 0.485. The molecule has 2 aromatic heterocycles. The molecule has 2 aromatic carbocycles. The van der Waals surface area contributed by atoms with Crippen molar-refractivity contribution in [1.82, 2.24) is 20.0 Å².